The van der Waals surface area contributed by atoms with Crippen LogP contribution in [0.2, 0.25) is 0 Å². The highest BCUT2D eigenvalue weighted by atomic mass is 16.5. The molecule has 3 rings (SSSR count). The van der Waals surface area contributed by atoms with Crippen LogP contribution in [0.5, 0.6) is 6.01 Å². The van der Waals surface area contributed by atoms with Crippen LogP contribution in [0.3, 0.4) is 0 Å². The lowest BCUT2D eigenvalue weighted by molar-refractivity contribution is 0.268. The van der Waals surface area contributed by atoms with Crippen LogP contribution >= 0.6 is 0 Å². The van der Waals surface area contributed by atoms with E-state index in [1.807, 2.05) is 36.4 Å². The molecule has 0 saturated carbocycles. The zero-order valence-corrected chi connectivity index (χ0v) is 13.8. The molecule has 24 heavy (non-hydrogen) atoms. The highest BCUT2D eigenvalue weighted by Gasteiger charge is 2.07. The number of benzene rings is 2. The summed E-state index contributed by atoms with van der Waals surface area (Å²) in [6.45, 7) is 4.55. The number of hydrogen-bond acceptors (Lipinski definition) is 3. The Hall–Kier alpha value is -2.68. The monoisotopic (exact) mass is 318 g/mol. The van der Waals surface area contributed by atoms with E-state index in [1.165, 1.54) is 5.56 Å². The molecular formula is C21H22N2O. The van der Waals surface area contributed by atoms with E-state index in [4.69, 9.17) is 4.74 Å². The number of aryl methyl sites for hydroxylation is 1. The average molecular weight is 318 g/mol. The van der Waals surface area contributed by atoms with Gasteiger partial charge in [-0.15, -0.1) is 6.58 Å². The first-order chi connectivity index (χ1) is 11.8. The number of rotatable bonds is 8. The van der Waals surface area contributed by atoms with Crippen molar-refractivity contribution in [1.82, 2.24) is 9.97 Å². The van der Waals surface area contributed by atoms with Crippen molar-refractivity contribution in [3.63, 3.8) is 0 Å². The quantitative estimate of drug-likeness (QED) is 0.558. The molecule has 1 heterocycles. The molecule has 1 unspecified atom stereocenters. The van der Waals surface area contributed by atoms with E-state index in [-0.39, 0.29) is 0 Å². The molecule has 0 aliphatic rings. The Morgan fingerprint density at radius 1 is 1.00 bits per heavy atom. The van der Waals surface area contributed by atoms with Crippen LogP contribution in [0.4, 0.5) is 0 Å². The normalized spacial score (nSPS) is 12.0. The Morgan fingerprint density at radius 2 is 1.79 bits per heavy atom. The van der Waals surface area contributed by atoms with Gasteiger partial charge in [-0.3, -0.25) is 0 Å². The summed E-state index contributed by atoms with van der Waals surface area (Å²) in [5, 5.41) is 1.02. The lowest BCUT2D eigenvalue weighted by Gasteiger charge is -2.12. The van der Waals surface area contributed by atoms with Gasteiger partial charge in [0.15, 0.2) is 0 Å². The first-order valence-electron chi connectivity index (χ1n) is 8.36. The Kier molecular flexibility index (Phi) is 5.56. The van der Waals surface area contributed by atoms with Crippen molar-refractivity contribution in [1.29, 1.82) is 0 Å². The van der Waals surface area contributed by atoms with Gasteiger partial charge in [0.2, 0.25) is 0 Å². The van der Waals surface area contributed by atoms with Crippen molar-refractivity contribution in [3.05, 3.63) is 79.0 Å². The zero-order valence-electron chi connectivity index (χ0n) is 13.8. The lowest BCUT2D eigenvalue weighted by atomic mass is 9.97. The van der Waals surface area contributed by atoms with E-state index in [9.17, 15) is 0 Å². The summed E-state index contributed by atoms with van der Waals surface area (Å²) in [6.07, 6.45) is 6.89. The number of aromatic nitrogens is 2. The minimum atomic E-state index is 0.436. The molecule has 3 heteroatoms. The van der Waals surface area contributed by atoms with Crippen LogP contribution in [0.1, 0.15) is 18.4 Å². The second-order valence-corrected chi connectivity index (χ2v) is 5.87. The molecule has 0 aliphatic heterocycles. The fraction of sp³-hybridized carbons (Fsp3) is 0.238. The molecular weight excluding hydrogens is 296 g/mol. The Morgan fingerprint density at radius 3 is 2.62 bits per heavy atom. The number of allylic oxidation sites excluding steroid dienone is 1. The molecule has 0 N–H and O–H groups in total. The van der Waals surface area contributed by atoms with Crippen LogP contribution in [-0.4, -0.2) is 16.6 Å². The third kappa shape index (κ3) is 4.42. The summed E-state index contributed by atoms with van der Waals surface area (Å²) in [7, 11) is 0. The van der Waals surface area contributed by atoms with Crippen molar-refractivity contribution >= 4 is 10.9 Å². The van der Waals surface area contributed by atoms with E-state index in [1.54, 1.807) is 6.20 Å². The van der Waals surface area contributed by atoms with Crippen molar-refractivity contribution < 1.29 is 4.74 Å². The van der Waals surface area contributed by atoms with Crippen LogP contribution in [0.15, 0.2) is 73.4 Å². The maximum Gasteiger partial charge on any atom is 0.316 e. The van der Waals surface area contributed by atoms with Crippen LogP contribution < -0.4 is 4.74 Å². The van der Waals surface area contributed by atoms with Crippen LogP contribution in [0, 0.1) is 5.92 Å². The van der Waals surface area contributed by atoms with Gasteiger partial charge in [-0.2, -0.15) is 4.98 Å². The first-order valence-corrected chi connectivity index (χ1v) is 8.36. The molecule has 0 amide bonds. The van der Waals surface area contributed by atoms with E-state index < -0.39 is 0 Å². The van der Waals surface area contributed by atoms with Gasteiger partial charge in [0.25, 0.3) is 0 Å². The third-order valence-corrected chi connectivity index (χ3v) is 4.17. The summed E-state index contributed by atoms with van der Waals surface area (Å²) >= 11 is 0. The predicted molar refractivity (Wildman–Crippen MR) is 98.1 cm³/mol. The summed E-state index contributed by atoms with van der Waals surface area (Å²) in [4.78, 5) is 8.70. The van der Waals surface area contributed by atoms with Gasteiger partial charge in [0.05, 0.1) is 12.1 Å². The molecule has 122 valence electrons. The molecule has 0 spiro atoms. The first kappa shape index (κ1) is 16.2. The minimum Gasteiger partial charge on any atom is -0.463 e. The van der Waals surface area contributed by atoms with Gasteiger partial charge in [-0.1, -0.05) is 54.6 Å². The maximum absolute atomic E-state index is 5.73. The molecule has 3 nitrogen and oxygen atoms in total. The van der Waals surface area contributed by atoms with Gasteiger partial charge in [0, 0.05) is 11.6 Å². The standard InChI is InChI=1S/C21H22N2O/c1-2-17(12-13-18-8-4-3-5-9-18)14-15-24-21-22-16-19-10-6-7-11-20(19)23-21/h2-11,16-17H,1,12-15H2. The Bertz CT molecular complexity index is 786. The van der Waals surface area contributed by atoms with E-state index in [0.717, 1.165) is 30.2 Å². The maximum atomic E-state index is 5.73. The molecule has 0 bridgehead atoms. The molecule has 0 radical (unpaired) electrons. The topological polar surface area (TPSA) is 35.0 Å². The van der Waals surface area contributed by atoms with E-state index in [0.29, 0.717) is 18.5 Å². The number of fused-ring (bicyclic) bond motifs is 1. The molecule has 1 aromatic heterocycles. The van der Waals surface area contributed by atoms with Gasteiger partial charge >= 0.3 is 6.01 Å². The number of hydrogen-bond donors (Lipinski definition) is 0. The number of ether oxygens (including phenoxy) is 1. The fourth-order valence-corrected chi connectivity index (χ4v) is 2.70. The third-order valence-electron chi connectivity index (χ3n) is 4.17. The molecule has 3 aromatic rings. The lowest BCUT2D eigenvalue weighted by Crippen LogP contribution is -2.08. The smallest absolute Gasteiger partial charge is 0.316 e. The predicted octanol–water partition coefficient (Wildman–Crippen LogP) is 4.83. The van der Waals surface area contributed by atoms with Gasteiger partial charge < -0.3 is 4.74 Å². The number of para-hydroxylation sites is 1. The van der Waals surface area contributed by atoms with E-state index >= 15 is 0 Å². The largest absolute Gasteiger partial charge is 0.463 e. The van der Waals surface area contributed by atoms with Crippen LogP contribution in [-0.2, 0) is 6.42 Å². The second kappa shape index (κ2) is 8.25. The average Bonchev–Trinajstić information content (AvgIpc) is 2.65. The number of nitrogens with zero attached hydrogens (tertiary/aromatic N) is 2. The molecule has 2 aromatic carbocycles. The summed E-state index contributed by atoms with van der Waals surface area (Å²) in [6, 6.07) is 18.9. The second-order valence-electron chi connectivity index (χ2n) is 5.87. The highest BCUT2D eigenvalue weighted by molar-refractivity contribution is 5.77. The minimum absolute atomic E-state index is 0.436. The van der Waals surface area contributed by atoms with Gasteiger partial charge in [-0.25, -0.2) is 4.98 Å². The zero-order chi connectivity index (χ0) is 16.6. The van der Waals surface area contributed by atoms with E-state index in [2.05, 4.69) is 40.8 Å². The highest BCUT2D eigenvalue weighted by Crippen LogP contribution is 2.16. The van der Waals surface area contributed by atoms with Gasteiger partial charge in [0.1, 0.15) is 0 Å². The summed E-state index contributed by atoms with van der Waals surface area (Å²) in [5.41, 5.74) is 2.27. The summed E-state index contributed by atoms with van der Waals surface area (Å²) in [5.74, 6) is 0.436. The summed E-state index contributed by atoms with van der Waals surface area (Å²) < 4.78 is 5.73. The Balaban J connectivity index is 1.49. The van der Waals surface area contributed by atoms with Gasteiger partial charge in [-0.05, 0) is 36.8 Å². The molecule has 0 fully saturated rings. The molecule has 0 saturated heterocycles. The Labute approximate surface area is 143 Å². The van der Waals surface area contributed by atoms with Crippen molar-refractivity contribution in [2.45, 2.75) is 19.3 Å². The molecule has 1 atom stereocenters. The molecule has 0 aliphatic carbocycles. The SMILES string of the molecule is C=CC(CCOc1ncc2ccccc2n1)CCc1ccccc1. The fourth-order valence-electron chi connectivity index (χ4n) is 2.70. The van der Waals surface area contributed by atoms with Crippen molar-refractivity contribution in [2.24, 2.45) is 5.92 Å². The van der Waals surface area contributed by atoms with Crippen molar-refractivity contribution in [3.8, 4) is 6.01 Å². The van der Waals surface area contributed by atoms with Crippen LogP contribution in [0.25, 0.3) is 10.9 Å². The van der Waals surface area contributed by atoms with Crippen molar-refractivity contribution in [2.75, 3.05) is 6.61 Å².